The number of aromatic nitrogens is 2. The fraction of sp³-hybridized carbons (Fsp3) is 0.345. The maximum atomic E-state index is 13.9. The molecule has 3 aromatic rings. The highest BCUT2D eigenvalue weighted by Crippen LogP contribution is 2.37. The van der Waals surface area contributed by atoms with Crippen LogP contribution in [0.5, 0.6) is 11.5 Å². The predicted molar refractivity (Wildman–Crippen MR) is 156 cm³/mol. The van der Waals surface area contributed by atoms with Crippen molar-refractivity contribution in [1.29, 1.82) is 0 Å². The van der Waals surface area contributed by atoms with E-state index in [1.165, 1.54) is 0 Å². The maximum Gasteiger partial charge on any atom is 0.330 e. The van der Waals surface area contributed by atoms with Crippen LogP contribution >= 0.6 is 0 Å². The average Bonchev–Trinajstić information content (AvgIpc) is 2.94. The number of nitrogens with one attached hydrogen (secondary N) is 1. The Morgan fingerprint density at radius 3 is 2.51 bits per heavy atom. The maximum absolute atomic E-state index is 13.9. The molecule has 1 aliphatic heterocycles. The number of hydrogen-bond donors (Lipinski definition) is 3. The standard InChI is InChI=1S/C29H35N7O5/c1-6-41-25-13-20-7-9-35-23(21(20)14-24(25)40-5)15-26(33-27-18(3)11-17(2)12-19(27)4)36(29(35)38)10-8-31-28(37)22(34-30)16-32-39/h11-16,39H,6-10,30H2,1-5H3,(H,31,37). The molecule has 0 aliphatic carbocycles. The summed E-state index contributed by atoms with van der Waals surface area (Å²) in [5.41, 5.74) is 6.41. The molecule has 4 rings (SSSR count). The van der Waals surface area contributed by atoms with E-state index < -0.39 is 5.91 Å². The summed E-state index contributed by atoms with van der Waals surface area (Å²) in [5.74, 6) is 5.81. The molecule has 1 amide bonds. The minimum atomic E-state index is -0.640. The average molecular weight is 562 g/mol. The van der Waals surface area contributed by atoms with Crippen molar-refractivity contribution in [3.8, 4) is 22.8 Å². The van der Waals surface area contributed by atoms with Gasteiger partial charge in [-0.05, 0) is 62.9 Å². The Kier molecular flexibility index (Phi) is 8.91. The van der Waals surface area contributed by atoms with Crippen LogP contribution in [0.4, 0.5) is 5.69 Å². The van der Waals surface area contributed by atoms with E-state index >= 15 is 0 Å². The third-order valence-corrected chi connectivity index (χ3v) is 6.90. The molecule has 41 heavy (non-hydrogen) atoms. The van der Waals surface area contributed by atoms with Gasteiger partial charge < -0.3 is 25.8 Å². The van der Waals surface area contributed by atoms with Crippen molar-refractivity contribution in [2.45, 2.75) is 47.2 Å². The van der Waals surface area contributed by atoms with Gasteiger partial charge in [0.05, 0.1) is 31.3 Å². The van der Waals surface area contributed by atoms with Gasteiger partial charge in [0.2, 0.25) is 0 Å². The number of fused-ring (bicyclic) bond motifs is 3. The van der Waals surface area contributed by atoms with E-state index in [0.29, 0.717) is 36.6 Å². The highest BCUT2D eigenvalue weighted by atomic mass is 16.5. The lowest BCUT2D eigenvalue weighted by molar-refractivity contribution is -0.114. The number of methoxy groups -OCH3 is 1. The number of carbonyl (C=O) groups excluding carboxylic acids is 1. The monoisotopic (exact) mass is 561 g/mol. The van der Waals surface area contributed by atoms with Gasteiger partial charge >= 0.3 is 5.69 Å². The molecule has 0 bridgehead atoms. The normalized spacial score (nSPS) is 13.2. The molecule has 2 heterocycles. The Labute approximate surface area is 237 Å². The van der Waals surface area contributed by atoms with Crippen LogP contribution in [0.1, 0.15) is 29.2 Å². The molecule has 1 aromatic heterocycles. The zero-order chi connectivity index (χ0) is 29.7. The Morgan fingerprint density at radius 2 is 1.88 bits per heavy atom. The van der Waals surface area contributed by atoms with Crippen LogP contribution < -0.4 is 31.8 Å². The summed E-state index contributed by atoms with van der Waals surface area (Å²) in [4.78, 5) is 31.3. The van der Waals surface area contributed by atoms with Gasteiger partial charge in [-0.15, -0.1) is 0 Å². The van der Waals surface area contributed by atoms with Crippen molar-refractivity contribution in [2.24, 2.45) is 21.1 Å². The lowest BCUT2D eigenvalue weighted by Crippen LogP contribution is -2.45. The van der Waals surface area contributed by atoms with Gasteiger partial charge in [0, 0.05) is 31.3 Å². The predicted octanol–water partition coefficient (Wildman–Crippen LogP) is 2.33. The number of amides is 1. The number of nitrogens with zero attached hydrogens (tertiary/aromatic N) is 5. The van der Waals surface area contributed by atoms with E-state index in [9.17, 15) is 9.59 Å². The quantitative estimate of drug-likeness (QED) is 0.157. The van der Waals surface area contributed by atoms with E-state index in [2.05, 4.69) is 15.6 Å². The van der Waals surface area contributed by atoms with Gasteiger partial charge in [-0.2, -0.15) is 5.10 Å². The number of carbonyl (C=O) groups is 1. The molecule has 216 valence electrons. The molecule has 0 spiro atoms. The molecular formula is C29H35N7O5. The van der Waals surface area contributed by atoms with Gasteiger partial charge in [-0.1, -0.05) is 22.9 Å². The highest BCUT2D eigenvalue weighted by Gasteiger charge is 2.23. The number of rotatable bonds is 9. The lowest BCUT2D eigenvalue weighted by atomic mass is 9.97. The Bertz CT molecular complexity index is 1640. The fourth-order valence-electron chi connectivity index (χ4n) is 5.11. The molecule has 0 fully saturated rings. The van der Waals surface area contributed by atoms with Crippen LogP contribution in [0.2, 0.25) is 0 Å². The number of hydrazone groups is 1. The Hall–Kier alpha value is -4.87. The van der Waals surface area contributed by atoms with Crippen LogP contribution in [0.25, 0.3) is 11.3 Å². The minimum absolute atomic E-state index is 0.0763. The molecule has 12 nitrogen and oxygen atoms in total. The third kappa shape index (κ3) is 6.01. The number of aryl methyl sites for hydroxylation is 4. The molecule has 12 heteroatoms. The first-order valence-electron chi connectivity index (χ1n) is 13.3. The molecule has 2 aromatic carbocycles. The summed E-state index contributed by atoms with van der Waals surface area (Å²) in [5, 5.41) is 17.5. The van der Waals surface area contributed by atoms with E-state index in [4.69, 9.17) is 25.5 Å². The number of benzene rings is 2. The van der Waals surface area contributed by atoms with Gasteiger partial charge in [0.1, 0.15) is 5.49 Å². The van der Waals surface area contributed by atoms with E-state index in [-0.39, 0.29) is 24.5 Å². The van der Waals surface area contributed by atoms with E-state index in [0.717, 1.165) is 45.4 Å². The van der Waals surface area contributed by atoms with Crippen LogP contribution in [0, 0.1) is 20.8 Å². The molecule has 0 unspecified atom stereocenters. The number of oxime groups is 1. The van der Waals surface area contributed by atoms with Gasteiger partial charge in [-0.25, -0.2) is 9.79 Å². The highest BCUT2D eigenvalue weighted by molar-refractivity contribution is 6.60. The van der Waals surface area contributed by atoms with Crippen molar-refractivity contribution >= 4 is 23.5 Å². The molecule has 4 N–H and O–H groups in total. The Balaban J connectivity index is 1.87. The summed E-state index contributed by atoms with van der Waals surface area (Å²) < 4.78 is 14.6. The smallest absolute Gasteiger partial charge is 0.330 e. The van der Waals surface area contributed by atoms with Gasteiger partial charge in [0.15, 0.2) is 17.2 Å². The van der Waals surface area contributed by atoms with Crippen LogP contribution in [-0.4, -0.2) is 52.4 Å². The molecular weight excluding hydrogens is 526 g/mol. The molecule has 1 aliphatic rings. The molecule has 0 saturated heterocycles. The first-order chi connectivity index (χ1) is 19.7. The molecule has 0 atom stereocenters. The minimum Gasteiger partial charge on any atom is -0.493 e. The van der Waals surface area contributed by atoms with Crippen LogP contribution in [0.15, 0.2) is 50.4 Å². The second kappa shape index (κ2) is 12.5. The summed E-state index contributed by atoms with van der Waals surface area (Å²) in [6.07, 6.45) is 1.47. The van der Waals surface area contributed by atoms with E-state index in [1.807, 2.05) is 58.0 Å². The number of ether oxygens (including phenoxy) is 2. The van der Waals surface area contributed by atoms with Crippen LogP contribution in [-0.2, 0) is 24.3 Å². The van der Waals surface area contributed by atoms with Crippen molar-refractivity contribution in [3.63, 3.8) is 0 Å². The topological polar surface area (TPSA) is 158 Å². The van der Waals surface area contributed by atoms with E-state index in [1.54, 1.807) is 16.2 Å². The lowest BCUT2D eigenvalue weighted by Gasteiger charge is -2.25. The van der Waals surface area contributed by atoms with Gasteiger partial charge in [-0.3, -0.25) is 13.9 Å². The zero-order valence-electron chi connectivity index (χ0n) is 23.9. The summed E-state index contributed by atoms with van der Waals surface area (Å²) in [6, 6.07) is 9.86. The fourth-order valence-corrected chi connectivity index (χ4v) is 5.11. The summed E-state index contributed by atoms with van der Waals surface area (Å²) in [7, 11) is 1.59. The van der Waals surface area contributed by atoms with Crippen molar-refractivity contribution in [1.82, 2.24) is 14.5 Å². The third-order valence-electron chi connectivity index (χ3n) is 6.90. The zero-order valence-corrected chi connectivity index (χ0v) is 23.9. The van der Waals surface area contributed by atoms with Crippen molar-refractivity contribution in [3.05, 3.63) is 68.6 Å². The summed E-state index contributed by atoms with van der Waals surface area (Å²) in [6.45, 7) is 9.09. The SMILES string of the molecule is CCOc1cc2c(cc1OC)-c1cc(=Nc3c(C)cc(C)cc3C)n(CCNC(=O)C(C=NO)=NN)c(=O)n1CC2. The first kappa shape index (κ1) is 29.1. The Morgan fingerprint density at radius 1 is 1.15 bits per heavy atom. The van der Waals surface area contributed by atoms with Crippen LogP contribution in [0.3, 0.4) is 0 Å². The van der Waals surface area contributed by atoms with Gasteiger partial charge in [0.25, 0.3) is 5.91 Å². The molecule has 0 saturated carbocycles. The first-order valence-corrected chi connectivity index (χ1v) is 13.3. The largest absolute Gasteiger partial charge is 0.493 e. The summed E-state index contributed by atoms with van der Waals surface area (Å²) >= 11 is 0. The van der Waals surface area contributed by atoms with Crippen molar-refractivity contribution in [2.75, 3.05) is 20.3 Å². The molecule has 0 radical (unpaired) electrons. The number of hydrogen-bond acceptors (Lipinski definition) is 9. The second-order valence-electron chi connectivity index (χ2n) is 9.69. The number of nitrogens with two attached hydrogens (primary N) is 1. The second-order valence-corrected chi connectivity index (χ2v) is 9.69. The van der Waals surface area contributed by atoms with Crippen molar-refractivity contribution < 1.29 is 19.5 Å².